The highest BCUT2D eigenvalue weighted by molar-refractivity contribution is 7.99. The van der Waals surface area contributed by atoms with Crippen molar-refractivity contribution in [1.29, 1.82) is 0 Å². The van der Waals surface area contributed by atoms with Crippen molar-refractivity contribution in [2.75, 3.05) is 17.6 Å². The number of aliphatic hydroxyl groups excluding tert-OH is 1. The molecule has 1 aromatic carbocycles. The van der Waals surface area contributed by atoms with Gasteiger partial charge in [0.1, 0.15) is 6.54 Å². The summed E-state index contributed by atoms with van der Waals surface area (Å²) < 4.78 is 1.62. The summed E-state index contributed by atoms with van der Waals surface area (Å²) >= 11 is 1.23. The molecule has 7 nitrogen and oxygen atoms in total. The summed E-state index contributed by atoms with van der Waals surface area (Å²) in [5.74, 6) is -0.163. The Kier molecular flexibility index (Phi) is 7.23. The molecule has 0 saturated carbocycles. The normalized spacial score (nSPS) is 10.6. The van der Waals surface area contributed by atoms with Gasteiger partial charge in [0, 0.05) is 12.2 Å². The van der Waals surface area contributed by atoms with Crippen LogP contribution in [0.4, 0.5) is 5.69 Å². The zero-order chi connectivity index (χ0) is 19.1. The molecule has 140 valence electrons. The second-order valence-corrected chi connectivity index (χ2v) is 6.89. The van der Waals surface area contributed by atoms with Crippen LogP contribution >= 0.6 is 11.8 Å². The van der Waals surface area contributed by atoms with Crippen LogP contribution in [0, 0.1) is 13.8 Å². The van der Waals surface area contributed by atoms with Crippen LogP contribution in [0.1, 0.15) is 23.7 Å². The first-order chi connectivity index (χ1) is 12.4. The maximum Gasteiger partial charge on any atom is 0.240 e. The van der Waals surface area contributed by atoms with Crippen molar-refractivity contribution in [1.82, 2.24) is 14.9 Å². The van der Waals surface area contributed by atoms with E-state index in [0.29, 0.717) is 17.4 Å². The van der Waals surface area contributed by atoms with Gasteiger partial charge in [-0.15, -0.1) is 0 Å². The Labute approximate surface area is 157 Å². The molecule has 8 heteroatoms. The Balaban J connectivity index is 2.01. The molecule has 0 bridgehead atoms. The van der Waals surface area contributed by atoms with E-state index in [-0.39, 0.29) is 30.7 Å². The van der Waals surface area contributed by atoms with Crippen LogP contribution in [-0.2, 0) is 22.7 Å². The van der Waals surface area contributed by atoms with Gasteiger partial charge in [-0.1, -0.05) is 17.8 Å². The first kappa shape index (κ1) is 20.0. The van der Waals surface area contributed by atoms with Gasteiger partial charge in [0.05, 0.1) is 24.3 Å². The quantitative estimate of drug-likeness (QED) is 0.611. The second-order valence-electron chi connectivity index (χ2n) is 5.94. The Morgan fingerprint density at radius 2 is 1.88 bits per heavy atom. The Bertz CT molecular complexity index is 768. The lowest BCUT2D eigenvalue weighted by Crippen LogP contribution is -2.28. The highest BCUT2D eigenvalue weighted by Crippen LogP contribution is 2.20. The molecule has 0 saturated heterocycles. The van der Waals surface area contributed by atoms with Gasteiger partial charge in [0.2, 0.25) is 11.8 Å². The number of thioether (sulfide) groups is 1. The number of aromatic nitrogens is 2. The third-order valence-corrected chi connectivity index (χ3v) is 4.57. The smallest absolute Gasteiger partial charge is 0.240 e. The van der Waals surface area contributed by atoms with Crippen LogP contribution in [0.15, 0.2) is 29.6 Å². The minimum atomic E-state index is -0.221. The number of amides is 2. The second kappa shape index (κ2) is 9.40. The molecule has 0 unspecified atom stereocenters. The number of aliphatic hydroxyl groups is 1. The molecule has 0 aliphatic carbocycles. The standard InChI is InChI=1S/C18H24N4O3S/c1-4-19-16(24)9-22-15(10-23)8-20-18(22)26-11-17(25)21-14-6-12(2)5-13(3)7-14/h5-8,23H,4,9-11H2,1-3H3,(H,19,24)(H,21,25). The largest absolute Gasteiger partial charge is 0.390 e. The van der Waals surface area contributed by atoms with Crippen LogP contribution in [0.25, 0.3) is 0 Å². The zero-order valence-corrected chi connectivity index (χ0v) is 16.0. The lowest BCUT2D eigenvalue weighted by Gasteiger charge is -2.11. The topological polar surface area (TPSA) is 96.2 Å². The summed E-state index contributed by atoms with van der Waals surface area (Å²) in [6.07, 6.45) is 1.52. The minimum absolute atomic E-state index is 0.0603. The molecule has 2 aromatic rings. The number of anilines is 1. The van der Waals surface area contributed by atoms with Gasteiger partial charge in [-0.2, -0.15) is 0 Å². The molecule has 1 aromatic heterocycles. The summed E-state index contributed by atoms with van der Waals surface area (Å²) in [4.78, 5) is 28.3. The number of imidazole rings is 1. The molecular weight excluding hydrogens is 352 g/mol. The number of likely N-dealkylation sites (N-methyl/N-ethyl adjacent to an activating group) is 1. The van der Waals surface area contributed by atoms with Crippen molar-refractivity contribution in [2.45, 2.75) is 39.1 Å². The number of hydrogen-bond donors (Lipinski definition) is 3. The van der Waals surface area contributed by atoms with E-state index in [1.54, 1.807) is 4.57 Å². The molecular formula is C18H24N4O3S. The number of aryl methyl sites for hydroxylation is 2. The Morgan fingerprint density at radius 1 is 1.19 bits per heavy atom. The average molecular weight is 376 g/mol. The summed E-state index contributed by atoms with van der Waals surface area (Å²) in [5, 5.41) is 15.5. The molecule has 1 heterocycles. The summed E-state index contributed by atoms with van der Waals surface area (Å²) in [5.41, 5.74) is 3.46. The Morgan fingerprint density at radius 3 is 2.50 bits per heavy atom. The zero-order valence-electron chi connectivity index (χ0n) is 15.2. The fourth-order valence-electron chi connectivity index (χ4n) is 2.57. The predicted octanol–water partition coefficient (Wildman–Crippen LogP) is 1.86. The van der Waals surface area contributed by atoms with E-state index in [4.69, 9.17) is 0 Å². The van der Waals surface area contributed by atoms with Crippen molar-refractivity contribution in [2.24, 2.45) is 0 Å². The number of nitrogens with zero attached hydrogens (tertiary/aromatic N) is 2. The third-order valence-electron chi connectivity index (χ3n) is 3.58. The number of hydrogen-bond acceptors (Lipinski definition) is 5. The van der Waals surface area contributed by atoms with Gasteiger partial charge in [0.15, 0.2) is 5.16 Å². The van der Waals surface area contributed by atoms with Gasteiger partial charge in [-0.05, 0) is 44.0 Å². The van der Waals surface area contributed by atoms with Gasteiger partial charge < -0.3 is 20.3 Å². The lowest BCUT2D eigenvalue weighted by atomic mass is 10.1. The van der Waals surface area contributed by atoms with E-state index in [1.165, 1.54) is 18.0 Å². The number of carbonyl (C=O) groups excluding carboxylic acids is 2. The van der Waals surface area contributed by atoms with Gasteiger partial charge in [-0.3, -0.25) is 9.59 Å². The van der Waals surface area contributed by atoms with E-state index in [9.17, 15) is 14.7 Å². The van der Waals surface area contributed by atoms with E-state index in [2.05, 4.69) is 15.6 Å². The molecule has 0 spiro atoms. The molecule has 0 radical (unpaired) electrons. The fourth-order valence-corrected chi connectivity index (χ4v) is 3.37. The molecule has 2 amide bonds. The summed E-state index contributed by atoms with van der Waals surface area (Å²) in [6, 6.07) is 5.86. The summed E-state index contributed by atoms with van der Waals surface area (Å²) in [6.45, 7) is 6.17. The van der Waals surface area contributed by atoms with Crippen LogP contribution in [-0.4, -0.2) is 38.8 Å². The monoisotopic (exact) mass is 376 g/mol. The molecule has 26 heavy (non-hydrogen) atoms. The molecule has 0 aliphatic rings. The fraction of sp³-hybridized carbons (Fsp3) is 0.389. The van der Waals surface area contributed by atoms with E-state index in [1.807, 2.05) is 39.0 Å². The maximum absolute atomic E-state index is 12.2. The van der Waals surface area contributed by atoms with E-state index >= 15 is 0 Å². The highest BCUT2D eigenvalue weighted by atomic mass is 32.2. The third kappa shape index (κ3) is 5.60. The van der Waals surface area contributed by atoms with Crippen LogP contribution in [0.3, 0.4) is 0 Å². The van der Waals surface area contributed by atoms with Gasteiger partial charge in [0.25, 0.3) is 0 Å². The highest BCUT2D eigenvalue weighted by Gasteiger charge is 2.14. The van der Waals surface area contributed by atoms with Gasteiger partial charge >= 0.3 is 0 Å². The van der Waals surface area contributed by atoms with Crippen molar-refractivity contribution in [3.05, 3.63) is 41.2 Å². The lowest BCUT2D eigenvalue weighted by molar-refractivity contribution is -0.121. The number of rotatable bonds is 8. The number of nitrogens with one attached hydrogen (secondary N) is 2. The van der Waals surface area contributed by atoms with Crippen molar-refractivity contribution >= 4 is 29.3 Å². The molecule has 3 N–H and O–H groups in total. The maximum atomic E-state index is 12.2. The predicted molar refractivity (Wildman–Crippen MR) is 102 cm³/mol. The van der Waals surface area contributed by atoms with Crippen LogP contribution in [0.5, 0.6) is 0 Å². The minimum Gasteiger partial charge on any atom is -0.390 e. The first-order valence-corrected chi connectivity index (χ1v) is 9.34. The van der Waals surface area contributed by atoms with Crippen LogP contribution in [0.2, 0.25) is 0 Å². The number of carbonyl (C=O) groups is 2. The SMILES string of the molecule is CCNC(=O)Cn1c(CO)cnc1SCC(=O)Nc1cc(C)cc(C)c1. The molecule has 2 rings (SSSR count). The molecule has 0 atom stereocenters. The van der Waals surface area contributed by atoms with Gasteiger partial charge in [-0.25, -0.2) is 4.98 Å². The van der Waals surface area contributed by atoms with Crippen LogP contribution < -0.4 is 10.6 Å². The first-order valence-electron chi connectivity index (χ1n) is 8.35. The molecule has 0 aliphatic heterocycles. The average Bonchev–Trinajstić information content (AvgIpc) is 2.94. The summed E-state index contributed by atoms with van der Waals surface area (Å²) in [7, 11) is 0. The van der Waals surface area contributed by atoms with Crippen molar-refractivity contribution < 1.29 is 14.7 Å². The van der Waals surface area contributed by atoms with Crippen molar-refractivity contribution in [3.63, 3.8) is 0 Å². The van der Waals surface area contributed by atoms with E-state index in [0.717, 1.165) is 16.8 Å². The molecule has 0 fully saturated rings. The van der Waals surface area contributed by atoms with Crippen molar-refractivity contribution in [3.8, 4) is 0 Å². The number of benzene rings is 1. The Hall–Kier alpha value is -2.32. The van der Waals surface area contributed by atoms with E-state index < -0.39 is 0 Å².